The van der Waals surface area contributed by atoms with Crippen LogP contribution in [-0.4, -0.2) is 14.1 Å². The van der Waals surface area contributed by atoms with E-state index in [2.05, 4.69) is 10.4 Å². The van der Waals surface area contributed by atoms with Gasteiger partial charge >= 0.3 is 11.1 Å². The van der Waals surface area contributed by atoms with E-state index in [4.69, 9.17) is 17.4 Å². The van der Waals surface area contributed by atoms with E-state index < -0.39 is 11.1 Å². The largest absolute Gasteiger partial charge is 0.316 e. The highest BCUT2D eigenvalue weighted by molar-refractivity contribution is 6.31. The predicted octanol–water partition coefficient (Wildman–Crippen LogP) is -0.0707. The summed E-state index contributed by atoms with van der Waals surface area (Å²) in [6, 6.07) is 3.23. The number of anilines is 1. The van der Waals surface area contributed by atoms with Gasteiger partial charge in [-0.25, -0.2) is 10.8 Å². The number of hydrogen-bond acceptors (Lipinski definition) is 5. The lowest BCUT2D eigenvalue weighted by Crippen LogP contribution is -2.39. The molecule has 0 radical (unpaired) electrons. The second-order valence-corrected chi connectivity index (χ2v) is 4.32. The number of aryl methyl sites for hydroxylation is 1. The second kappa shape index (κ2) is 5.25. The molecule has 8 heteroatoms. The number of rotatable bonds is 3. The van der Waals surface area contributed by atoms with Crippen molar-refractivity contribution in [1.29, 1.82) is 0 Å². The molecule has 0 saturated heterocycles. The molecular weight excluding hydrogens is 270 g/mol. The van der Waals surface area contributed by atoms with Crippen LogP contribution in [0.15, 0.2) is 34.1 Å². The Morgan fingerprint density at radius 2 is 2.05 bits per heavy atom. The number of hydrogen-bond donors (Lipinski definition) is 2. The Kier molecular flexibility index (Phi) is 3.68. The van der Waals surface area contributed by atoms with Gasteiger partial charge in [0.25, 0.3) is 0 Å². The Bertz CT molecular complexity index is 722. The molecule has 0 aliphatic carbocycles. The minimum Gasteiger partial charge on any atom is -0.312 e. The molecule has 0 aliphatic heterocycles. The Balaban J connectivity index is 2.45. The topological polar surface area (TPSA) is 94.9 Å². The maximum absolute atomic E-state index is 11.8. The lowest BCUT2D eigenvalue weighted by Gasteiger charge is -2.08. The third-order valence-electron chi connectivity index (χ3n) is 2.62. The summed E-state index contributed by atoms with van der Waals surface area (Å²) in [7, 11) is 1.51. The molecule has 19 heavy (non-hydrogen) atoms. The van der Waals surface area contributed by atoms with Gasteiger partial charge in [0, 0.05) is 19.4 Å². The molecule has 3 N–H and O–H groups in total. The summed E-state index contributed by atoms with van der Waals surface area (Å²) in [6.45, 7) is 0.100. The monoisotopic (exact) mass is 281 g/mol. The number of aromatic nitrogens is 3. The summed E-state index contributed by atoms with van der Waals surface area (Å²) >= 11 is 6.00. The second-order valence-electron chi connectivity index (χ2n) is 3.92. The lowest BCUT2D eigenvalue weighted by atomic mass is 10.3. The SMILES string of the molecule is Cn1ccn(Cc2nc(NN)ccc2Cl)c(=O)c1=O. The van der Waals surface area contributed by atoms with Gasteiger partial charge in [-0.15, -0.1) is 0 Å². The average molecular weight is 282 g/mol. The first-order valence-electron chi connectivity index (χ1n) is 5.41. The number of nitrogens with zero attached hydrogens (tertiary/aromatic N) is 3. The highest BCUT2D eigenvalue weighted by Gasteiger charge is 2.08. The molecule has 2 heterocycles. The van der Waals surface area contributed by atoms with Crippen LogP contribution < -0.4 is 22.4 Å². The smallest absolute Gasteiger partial charge is 0.312 e. The Labute approximate surface area is 113 Å². The van der Waals surface area contributed by atoms with Crippen LogP contribution in [-0.2, 0) is 13.6 Å². The number of nitrogens with one attached hydrogen (secondary N) is 1. The molecule has 100 valence electrons. The van der Waals surface area contributed by atoms with Crippen LogP contribution in [0.4, 0.5) is 5.82 Å². The Morgan fingerprint density at radius 1 is 1.32 bits per heavy atom. The first kappa shape index (κ1) is 13.3. The number of nitrogen functional groups attached to an aromatic ring is 1. The molecule has 2 aromatic heterocycles. The first-order chi connectivity index (χ1) is 9.02. The fourth-order valence-corrected chi connectivity index (χ4v) is 1.72. The third kappa shape index (κ3) is 2.67. The van der Waals surface area contributed by atoms with Crippen molar-refractivity contribution in [3.63, 3.8) is 0 Å². The van der Waals surface area contributed by atoms with Crippen LogP contribution >= 0.6 is 11.6 Å². The van der Waals surface area contributed by atoms with Gasteiger partial charge in [0.2, 0.25) is 0 Å². The fraction of sp³-hybridized carbons (Fsp3) is 0.182. The van der Waals surface area contributed by atoms with Gasteiger partial charge in [0.05, 0.1) is 17.3 Å². The van der Waals surface area contributed by atoms with Crippen LogP contribution in [0, 0.1) is 0 Å². The molecule has 0 spiro atoms. The van der Waals surface area contributed by atoms with E-state index >= 15 is 0 Å². The standard InChI is InChI=1S/C11H12ClN5O2/c1-16-4-5-17(11(19)10(16)18)6-8-7(12)2-3-9(14-8)15-13/h2-5H,6,13H2,1H3,(H,14,15). The zero-order valence-electron chi connectivity index (χ0n) is 10.1. The van der Waals surface area contributed by atoms with E-state index in [9.17, 15) is 9.59 Å². The van der Waals surface area contributed by atoms with Gasteiger partial charge in [-0.2, -0.15) is 0 Å². The highest BCUT2D eigenvalue weighted by Crippen LogP contribution is 2.16. The van der Waals surface area contributed by atoms with Crippen LogP contribution in [0.3, 0.4) is 0 Å². The van der Waals surface area contributed by atoms with Crippen LogP contribution in [0.1, 0.15) is 5.69 Å². The quantitative estimate of drug-likeness (QED) is 0.466. The van der Waals surface area contributed by atoms with Crippen molar-refractivity contribution in [1.82, 2.24) is 14.1 Å². The average Bonchev–Trinajstić information content (AvgIpc) is 2.41. The molecular formula is C11H12ClN5O2. The molecule has 0 amide bonds. The molecule has 2 aromatic rings. The van der Waals surface area contributed by atoms with Gasteiger partial charge in [0.1, 0.15) is 5.82 Å². The lowest BCUT2D eigenvalue weighted by molar-refractivity contribution is 0.685. The van der Waals surface area contributed by atoms with Gasteiger partial charge in [0.15, 0.2) is 0 Å². The zero-order valence-corrected chi connectivity index (χ0v) is 10.9. The predicted molar refractivity (Wildman–Crippen MR) is 72.1 cm³/mol. The minimum absolute atomic E-state index is 0.100. The van der Waals surface area contributed by atoms with E-state index in [0.717, 1.165) is 0 Å². The van der Waals surface area contributed by atoms with E-state index in [-0.39, 0.29) is 6.54 Å². The van der Waals surface area contributed by atoms with Crippen molar-refractivity contribution in [2.45, 2.75) is 6.54 Å². The van der Waals surface area contributed by atoms with Gasteiger partial charge in [-0.1, -0.05) is 11.6 Å². The maximum Gasteiger partial charge on any atom is 0.316 e. The molecule has 0 aromatic carbocycles. The van der Waals surface area contributed by atoms with E-state index in [1.807, 2.05) is 0 Å². The van der Waals surface area contributed by atoms with E-state index in [1.54, 1.807) is 12.1 Å². The van der Waals surface area contributed by atoms with E-state index in [0.29, 0.717) is 16.5 Å². The molecule has 0 saturated carbocycles. The summed E-state index contributed by atoms with van der Waals surface area (Å²) < 4.78 is 2.46. The Hall–Kier alpha value is -2.12. The number of pyridine rings is 1. The number of halogens is 1. The summed E-state index contributed by atoms with van der Waals surface area (Å²) in [6.07, 6.45) is 3.01. The van der Waals surface area contributed by atoms with Crippen molar-refractivity contribution in [2.75, 3.05) is 5.43 Å². The maximum atomic E-state index is 11.8. The van der Waals surface area contributed by atoms with Crippen molar-refractivity contribution in [2.24, 2.45) is 12.9 Å². The van der Waals surface area contributed by atoms with Crippen molar-refractivity contribution in [3.8, 4) is 0 Å². The summed E-state index contributed by atoms with van der Waals surface area (Å²) in [5.41, 5.74) is 1.61. The van der Waals surface area contributed by atoms with E-state index in [1.165, 1.54) is 28.6 Å². The summed E-state index contributed by atoms with van der Waals surface area (Å²) in [5, 5.41) is 0.395. The third-order valence-corrected chi connectivity index (χ3v) is 2.97. The van der Waals surface area contributed by atoms with Crippen molar-refractivity contribution in [3.05, 3.63) is 56.0 Å². The van der Waals surface area contributed by atoms with Crippen LogP contribution in [0.5, 0.6) is 0 Å². The van der Waals surface area contributed by atoms with Gasteiger partial charge in [-0.05, 0) is 12.1 Å². The molecule has 0 aliphatic rings. The molecule has 2 rings (SSSR count). The molecule has 0 unspecified atom stereocenters. The van der Waals surface area contributed by atoms with Gasteiger partial charge in [-0.3, -0.25) is 9.59 Å². The van der Waals surface area contributed by atoms with Crippen molar-refractivity contribution >= 4 is 17.4 Å². The first-order valence-corrected chi connectivity index (χ1v) is 5.79. The molecule has 0 fully saturated rings. The number of hydrazine groups is 1. The van der Waals surface area contributed by atoms with Crippen LogP contribution in [0.2, 0.25) is 5.02 Å². The fourth-order valence-electron chi connectivity index (χ4n) is 1.55. The van der Waals surface area contributed by atoms with Crippen molar-refractivity contribution < 1.29 is 0 Å². The number of nitrogens with two attached hydrogens (primary N) is 1. The Morgan fingerprint density at radius 3 is 2.74 bits per heavy atom. The highest BCUT2D eigenvalue weighted by atomic mass is 35.5. The molecule has 7 nitrogen and oxygen atoms in total. The molecule has 0 atom stereocenters. The summed E-state index contributed by atoms with van der Waals surface area (Å²) in [5.74, 6) is 5.69. The zero-order chi connectivity index (χ0) is 14.0. The minimum atomic E-state index is -0.631. The molecule has 0 bridgehead atoms. The van der Waals surface area contributed by atoms with Gasteiger partial charge < -0.3 is 14.6 Å². The van der Waals surface area contributed by atoms with Crippen LogP contribution in [0.25, 0.3) is 0 Å². The summed E-state index contributed by atoms with van der Waals surface area (Å²) in [4.78, 5) is 27.5. The normalized spacial score (nSPS) is 10.5.